The van der Waals surface area contributed by atoms with Crippen LogP contribution in [0.5, 0.6) is 5.75 Å². The molecule has 1 saturated heterocycles. The second kappa shape index (κ2) is 12.6. The molecule has 0 aliphatic carbocycles. The monoisotopic (exact) mass is 722 g/mol. The van der Waals surface area contributed by atoms with Crippen molar-refractivity contribution in [2.75, 3.05) is 12.4 Å². The van der Waals surface area contributed by atoms with Crippen LogP contribution in [-0.4, -0.2) is 72.2 Å². The van der Waals surface area contributed by atoms with Gasteiger partial charge < -0.3 is 29.6 Å². The zero-order valence-electron chi connectivity index (χ0n) is 28.3. The Morgan fingerprint density at radius 3 is 2.62 bits per heavy atom. The van der Waals surface area contributed by atoms with Gasteiger partial charge >= 0.3 is 11.9 Å². The number of aliphatic carboxylic acids is 1. The summed E-state index contributed by atoms with van der Waals surface area (Å²) in [6.07, 6.45) is 0.774. The molecule has 0 bridgehead atoms. The number of esters is 1. The first kappa shape index (κ1) is 33.7. The zero-order valence-corrected chi connectivity index (χ0v) is 29.1. The highest BCUT2D eigenvalue weighted by Crippen LogP contribution is 2.42. The Kier molecular flexibility index (Phi) is 8.18. The molecule has 4 aliphatic heterocycles. The quantitative estimate of drug-likeness (QED) is 0.151. The largest absolute Gasteiger partial charge is 0.489 e. The zero-order chi connectivity index (χ0) is 36.5. The number of hydrogen-bond acceptors (Lipinski definition) is 10. The van der Waals surface area contributed by atoms with Crippen LogP contribution in [0.2, 0.25) is 0 Å². The number of fused-ring (bicyclic) bond motifs is 6. The number of carbonyl (C=O) groups is 4. The number of carboxylic acids is 1. The molecule has 0 radical (unpaired) electrons. The Balaban J connectivity index is 1.04. The van der Waals surface area contributed by atoms with E-state index in [0.717, 1.165) is 22.1 Å². The number of carboxylic acid groups (broad SMARTS) is 1. The maximum absolute atomic E-state index is 13.7. The van der Waals surface area contributed by atoms with Crippen LogP contribution in [-0.2, 0) is 55.5 Å². The molecule has 14 heteroatoms. The van der Waals surface area contributed by atoms with E-state index in [4.69, 9.17) is 14.5 Å². The van der Waals surface area contributed by atoms with Gasteiger partial charge in [0.05, 0.1) is 35.4 Å². The van der Waals surface area contributed by atoms with E-state index in [1.165, 1.54) is 16.7 Å². The molecule has 2 aromatic heterocycles. The van der Waals surface area contributed by atoms with E-state index in [2.05, 4.69) is 5.32 Å². The summed E-state index contributed by atoms with van der Waals surface area (Å²) in [5, 5.41) is 24.4. The molecule has 52 heavy (non-hydrogen) atoms. The Hall–Kier alpha value is -5.47. The lowest BCUT2D eigenvalue weighted by Gasteiger charge is -2.49. The number of pyridine rings is 2. The number of thioether (sulfide) groups is 1. The lowest BCUT2D eigenvalue weighted by molar-refractivity contribution is -0.172. The molecular formula is C38H34N4O9S. The van der Waals surface area contributed by atoms with Crippen molar-refractivity contribution in [2.24, 2.45) is 0 Å². The number of nitrogens with one attached hydrogen (secondary N) is 1. The van der Waals surface area contributed by atoms with E-state index < -0.39 is 34.9 Å². The summed E-state index contributed by atoms with van der Waals surface area (Å²) in [6, 6.07) is 15.4. The molecule has 0 saturated carbocycles. The maximum atomic E-state index is 13.7. The van der Waals surface area contributed by atoms with Gasteiger partial charge in [-0.1, -0.05) is 44.2 Å². The van der Waals surface area contributed by atoms with Gasteiger partial charge in [0.25, 0.3) is 11.5 Å². The van der Waals surface area contributed by atoms with Gasteiger partial charge in [-0.05, 0) is 48.2 Å². The second-order valence-electron chi connectivity index (χ2n) is 13.2. The van der Waals surface area contributed by atoms with Crippen molar-refractivity contribution in [2.45, 2.75) is 63.3 Å². The summed E-state index contributed by atoms with van der Waals surface area (Å²) in [6.45, 7) is 3.64. The lowest BCUT2D eigenvalue weighted by atomic mass is 9.86. The first-order chi connectivity index (χ1) is 25.0. The Labute approximate surface area is 301 Å². The van der Waals surface area contributed by atoms with E-state index in [1.54, 1.807) is 29.7 Å². The van der Waals surface area contributed by atoms with Crippen molar-refractivity contribution in [1.29, 1.82) is 0 Å². The molecule has 4 aliphatic rings. The number of hydrogen-bond donors (Lipinski definition) is 3. The summed E-state index contributed by atoms with van der Waals surface area (Å²) >= 11 is 1.37. The molecule has 3 N–H and O–H groups in total. The van der Waals surface area contributed by atoms with Crippen LogP contribution in [0.25, 0.3) is 22.3 Å². The van der Waals surface area contributed by atoms with Crippen molar-refractivity contribution in [1.82, 2.24) is 19.8 Å². The number of rotatable bonds is 9. The number of nitrogens with zero attached hydrogens (tertiary/aromatic N) is 3. The molecule has 13 nitrogen and oxygen atoms in total. The third-order valence-corrected chi connectivity index (χ3v) is 11.7. The van der Waals surface area contributed by atoms with Crippen LogP contribution in [0, 0.1) is 0 Å². The van der Waals surface area contributed by atoms with Crippen LogP contribution in [0.3, 0.4) is 0 Å². The third kappa shape index (κ3) is 5.19. The molecule has 3 atom stereocenters. The number of amides is 2. The number of ether oxygens (including phenoxy) is 2. The smallest absolute Gasteiger partial charge is 0.352 e. The molecular weight excluding hydrogens is 689 g/mol. The van der Waals surface area contributed by atoms with E-state index in [0.29, 0.717) is 40.4 Å². The van der Waals surface area contributed by atoms with Crippen LogP contribution in [0.1, 0.15) is 48.1 Å². The molecule has 266 valence electrons. The molecule has 2 amide bonds. The van der Waals surface area contributed by atoms with Gasteiger partial charge in [-0.3, -0.25) is 19.3 Å². The number of β-lactam (4-membered cyclic amide) rings is 1. The lowest BCUT2D eigenvalue weighted by Crippen LogP contribution is -2.70. The van der Waals surface area contributed by atoms with Crippen LogP contribution in [0.4, 0.5) is 0 Å². The van der Waals surface area contributed by atoms with Gasteiger partial charge in [-0.15, -0.1) is 11.8 Å². The molecule has 8 rings (SSSR count). The summed E-state index contributed by atoms with van der Waals surface area (Å²) in [5.41, 5.74) is 2.96. The van der Waals surface area contributed by atoms with Gasteiger partial charge in [-0.25, -0.2) is 14.6 Å². The SMILES string of the molecule is CCc1c2c(nc3ccc(OCC4=C(C(=O)O)N5C(=O)[C@@H](NC(=O)Cc6ccccc6)[C@H]5SC4)cc13)-c1cc3c(c(=O)n1C2)COC(=O)[C@]3(O)CC. The topological polar surface area (TPSA) is 177 Å². The van der Waals surface area contributed by atoms with Crippen molar-refractivity contribution < 1.29 is 38.9 Å². The fraction of sp³-hybridized carbons (Fsp3) is 0.316. The first-order valence-electron chi connectivity index (χ1n) is 17.0. The number of aryl methyl sites for hydroxylation is 1. The van der Waals surface area contributed by atoms with Gasteiger partial charge in [0, 0.05) is 27.8 Å². The van der Waals surface area contributed by atoms with Crippen molar-refractivity contribution in [3.05, 3.63) is 104 Å². The maximum Gasteiger partial charge on any atom is 0.352 e. The minimum Gasteiger partial charge on any atom is -0.489 e. The van der Waals surface area contributed by atoms with Gasteiger partial charge in [-0.2, -0.15) is 0 Å². The van der Waals surface area contributed by atoms with E-state index in [9.17, 15) is 34.2 Å². The summed E-state index contributed by atoms with van der Waals surface area (Å²) in [4.78, 5) is 70.6. The number of benzene rings is 2. The van der Waals surface area contributed by atoms with E-state index in [1.807, 2.05) is 43.3 Å². The van der Waals surface area contributed by atoms with E-state index in [-0.39, 0.29) is 60.9 Å². The number of carbonyl (C=O) groups excluding carboxylic acids is 3. The average Bonchev–Trinajstić information content (AvgIpc) is 3.51. The van der Waals surface area contributed by atoms with Crippen LogP contribution >= 0.6 is 11.8 Å². The number of aliphatic hydroxyl groups is 1. The van der Waals surface area contributed by atoms with Crippen molar-refractivity contribution in [3.63, 3.8) is 0 Å². The molecule has 2 aromatic carbocycles. The standard InChI is InChI=1S/C38H34N4O9S/c1-3-22-23-13-21(10-11-27(23)39-30-24(22)15-41-28(30)14-26-25(33(41)44)17-51-37(48)38(26,49)4-2)50-16-20-18-52-35-31(34(45)42(35)32(20)36(46)47)40-29(43)12-19-8-6-5-7-9-19/h5-11,13-14,31,35,49H,3-4,12,15-18H2,1-2H3,(H,40,43)(H,46,47)/t31-,35-,38+/m1/s1. The summed E-state index contributed by atoms with van der Waals surface area (Å²) in [7, 11) is 0. The fourth-order valence-electron chi connectivity index (χ4n) is 7.61. The highest BCUT2D eigenvalue weighted by Gasteiger charge is 2.54. The Bertz CT molecular complexity index is 2320. The first-order valence-corrected chi connectivity index (χ1v) is 18.1. The number of aromatic nitrogens is 2. The van der Waals surface area contributed by atoms with Crippen LogP contribution < -0.4 is 15.6 Å². The van der Waals surface area contributed by atoms with Crippen molar-refractivity contribution >= 4 is 46.4 Å². The average molecular weight is 723 g/mol. The molecule has 4 aromatic rings. The molecule has 6 heterocycles. The minimum absolute atomic E-state index is 0.0507. The molecule has 0 unspecified atom stereocenters. The van der Waals surface area contributed by atoms with Crippen LogP contribution in [0.15, 0.2) is 70.7 Å². The highest BCUT2D eigenvalue weighted by atomic mass is 32.2. The Morgan fingerprint density at radius 1 is 1.10 bits per heavy atom. The third-order valence-electron chi connectivity index (χ3n) is 10.3. The minimum atomic E-state index is -1.92. The van der Waals surface area contributed by atoms with Crippen molar-refractivity contribution in [3.8, 4) is 17.1 Å². The van der Waals surface area contributed by atoms with Gasteiger partial charge in [0.15, 0.2) is 5.60 Å². The summed E-state index contributed by atoms with van der Waals surface area (Å²) in [5.74, 6) is -2.05. The normalized spacial score (nSPS) is 21.5. The second-order valence-corrected chi connectivity index (χ2v) is 14.3. The van der Waals surface area contributed by atoms with E-state index >= 15 is 0 Å². The fourth-order valence-corrected chi connectivity index (χ4v) is 8.93. The summed E-state index contributed by atoms with van der Waals surface area (Å²) < 4.78 is 12.9. The number of cyclic esters (lactones) is 1. The van der Waals surface area contributed by atoms with Gasteiger partial charge in [0.2, 0.25) is 5.91 Å². The van der Waals surface area contributed by atoms with Gasteiger partial charge in [0.1, 0.15) is 36.1 Å². The Morgan fingerprint density at radius 2 is 1.88 bits per heavy atom. The highest BCUT2D eigenvalue weighted by molar-refractivity contribution is 8.00. The predicted octanol–water partition coefficient (Wildman–Crippen LogP) is 3.00. The molecule has 0 spiro atoms. The molecule has 1 fully saturated rings. The predicted molar refractivity (Wildman–Crippen MR) is 189 cm³/mol.